The Labute approximate surface area is 75.1 Å². The van der Waals surface area contributed by atoms with Crippen LogP contribution in [0.5, 0.6) is 0 Å². The van der Waals surface area contributed by atoms with E-state index in [1.165, 1.54) is 5.01 Å². The van der Waals surface area contributed by atoms with Gasteiger partial charge in [0.15, 0.2) is 0 Å². The molecule has 0 aliphatic rings. The fourth-order valence-electron chi connectivity index (χ4n) is 0.513. The predicted molar refractivity (Wildman–Crippen MR) is 46.8 cm³/mol. The summed E-state index contributed by atoms with van der Waals surface area (Å²) < 4.78 is 0. The highest BCUT2D eigenvalue weighted by atomic mass is 32.2. The van der Waals surface area contributed by atoms with Gasteiger partial charge in [0.05, 0.1) is 11.5 Å². The molecule has 0 aromatic carbocycles. The molecule has 0 heterocycles. The van der Waals surface area contributed by atoms with Crippen LogP contribution in [0.2, 0.25) is 0 Å². The van der Waals surface area contributed by atoms with Crippen molar-refractivity contribution >= 4 is 23.6 Å². The topological polar surface area (TPSA) is 69.6 Å². The van der Waals surface area contributed by atoms with E-state index in [1.807, 2.05) is 0 Å². The molecule has 0 aliphatic heterocycles. The maximum absolute atomic E-state index is 10.9. The van der Waals surface area contributed by atoms with Crippen molar-refractivity contribution in [2.75, 3.05) is 25.6 Å². The molecule has 2 N–H and O–H groups in total. The van der Waals surface area contributed by atoms with Gasteiger partial charge >= 0.3 is 5.97 Å². The van der Waals surface area contributed by atoms with Crippen LogP contribution in [0.1, 0.15) is 0 Å². The third-order valence-electron chi connectivity index (χ3n) is 0.807. The van der Waals surface area contributed by atoms with Crippen molar-refractivity contribution in [1.82, 2.24) is 10.4 Å². The quantitative estimate of drug-likeness (QED) is 0.569. The first-order valence-corrected chi connectivity index (χ1v) is 4.44. The zero-order valence-electron chi connectivity index (χ0n) is 7.03. The molecule has 6 heteroatoms. The monoisotopic (exact) mass is 192 g/mol. The molecule has 0 rings (SSSR count). The van der Waals surface area contributed by atoms with Crippen LogP contribution in [0.3, 0.4) is 0 Å². The molecule has 70 valence electrons. The van der Waals surface area contributed by atoms with Gasteiger partial charge in [-0.25, -0.2) is 5.01 Å². The van der Waals surface area contributed by atoms with Crippen LogP contribution in [0.25, 0.3) is 0 Å². The SMILES string of the molecule is CN(C)NC(=O)CSCC(=O)O. The number of rotatable bonds is 5. The van der Waals surface area contributed by atoms with E-state index in [2.05, 4.69) is 5.43 Å². The summed E-state index contributed by atoms with van der Waals surface area (Å²) in [7, 11) is 3.39. The molecule has 12 heavy (non-hydrogen) atoms. The Morgan fingerprint density at radius 3 is 2.42 bits per heavy atom. The minimum Gasteiger partial charge on any atom is -0.481 e. The summed E-state index contributed by atoms with van der Waals surface area (Å²) in [5.41, 5.74) is 2.50. The Kier molecular flexibility index (Phi) is 5.48. The van der Waals surface area contributed by atoms with Gasteiger partial charge in [0.1, 0.15) is 0 Å². The maximum Gasteiger partial charge on any atom is 0.313 e. The Balaban J connectivity index is 3.38. The number of carboxylic acids is 1. The molecule has 5 nitrogen and oxygen atoms in total. The van der Waals surface area contributed by atoms with E-state index >= 15 is 0 Å². The summed E-state index contributed by atoms with van der Waals surface area (Å²) in [6, 6.07) is 0. The van der Waals surface area contributed by atoms with Gasteiger partial charge in [0, 0.05) is 14.1 Å². The van der Waals surface area contributed by atoms with Crippen LogP contribution in [-0.4, -0.2) is 47.6 Å². The van der Waals surface area contributed by atoms with E-state index in [1.54, 1.807) is 14.1 Å². The van der Waals surface area contributed by atoms with Crippen molar-refractivity contribution in [1.29, 1.82) is 0 Å². The summed E-state index contributed by atoms with van der Waals surface area (Å²) in [4.78, 5) is 20.9. The summed E-state index contributed by atoms with van der Waals surface area (Å²) in [6.45, 7) is 0. The van der Waals surface area contributed by atoms with Crippen LogP contribution in [0.15, 0.2) is 0 Å². The summed E-state index contributed by atoms with van der Waals surface area (Å²) in [5, 5.41) is 9.76. The third-order valence-corrected chi connectivity index (χ3v) is 1.72. The van der Waals surface area contributed by atoms with E-state index in [4.69, 9.17) is 5.11 Å². The minimum atomic E-state index is -0.905. The smallest absolute Gasteiger partial charge is 0.313 e. The first-order valence-electron chi connectivity index (χ1n) is 3.28. The lowest BCUT2D eigenvalue weighted by Crippen LogP contribution is -2.37. The number of carbonyl (C=O) groups excluding carboxylic acids is 1. The lowest BCUT2D eigenvalue weighted by atomic mass is 10.7. The zero-order chi connectivity index (χ0) is 9.56. The number of carbonyl (C=O) groups is 2. The van der Waals surface area contributed by atoms with Crippen LogP contribution in [0, 0.1) is 0 Å². The molecule has 0 aromatic rings. The van der Waals surface area contributed by atoms with Gasteiger partial charge in [-0.1, -0.05) is 0 Å². The first-order chi connectivity index (χ1) is 5.52. The first kappa shape index (κ1) is 11.2. The van der Waals surface area contributed by atoms with Crippen molar-refractivity contribution in [3.63, 3.8) is 0 Å². The number of carboxylic acid groups (broad SMARTS) is 1. The van der Waals surface area contributed by atoms with E-state index in [-0.39, 0.29) is 17.4 Å². The average Bonchev–Trinajstić information content (AvgIpc) is 1.84. The highest BCUT2D eigenvalue weighted by Gasteiger charge is 2.03. The number of aliphatic carboxylic acids is 1. The van der Waals surface area contributed by atoms with Gasteiger partial charge in [0.25, 0.3) is 0 Å². The molecular formula is C6H12N2O3S. The Bertz CT molecular complexity index is 172. The second kappa shape index (κ2) is 5.84. The number of hydrogen-bond acceptors (Lipinski definition) is 4. The van der Waals surface area contributed by atoms with Crippen LogP contribution in [-0.2, 0) is 9.59 Å². The van der Waals surface area contributed by atoms with Crippen molar-refractivity contribution in [2.45, 2.75) is 0 Å². The van der Waals surface area contributed by atoms with Gasteiger partial charge in [-0.3, -0.25) is 15.0 Å². The second-order valence-corrected chi connectivity index (χ2v) is 3.30. The molecular weight excluding hydrogens is 180 g/mol. The van der Waals surface area contributed by atoms with Gasteiger partial charge in [-0.15, -0.1) is 11.8 Å². The van der Waals surface area contributed by atoms with Crippen molar-refractivity contribution in [3.8, 4) is 0 Å². The number of hydrazine groups is 1. The molecule has 0 saturated heterocycles. The fraction of sp³-hybridized carbons (Fsp3) is 0.667. The highest BCUT2D eigenvalue weighted by molar-refractivity contribution is 8.00. The molecule has 0 aromatic heterocycles. The number of amides is 1. The van der Waals surface area contributed by atoms with Gasteiger partial charge in [-0.05, 0) is 0 Å². The maximum atomic E-state index is 10.9. The number of nitrogens with zero attached hydrogens (tertiary/aromatic N) is 1. The molecule has 0 radical (unpaired) electrons. The molecule has 1 amide bonds. The van der Waals surface area contributed by atoms with Gasteiger partial charge in [-0.2, -0.15) is 0 Å². The standard InChI is InChI=1S/C6H12N2O3S/c1-8(2)7-5(9)3-12-4-6(10)11/h3-4H2,1-2H3,(H,7,9)(H,10,11). The van der Waals surface area contributed by atoms with Crippen LogP contribution >= 0.6 is 11.8 Å². The van der Waals surface area contributed by atoms with Crippen LogP contribution < -0.4 is 5.43 Å². The third kappa shape index (κ3) is 7.36. The van der Waals surface area contributed by atoms with Crippen molar-refractivity contribution in [3.05, 3.63) is 0 Å². The molecule has 0 atom stereocenters. The Morgan fingerprint density at radius 1 is 1.42 bits per heavy atom. The minimum absolute atomic E-state index is 0.0408. The van der Waals surface area contributed by atoms with E-state index in [0.29, 0.717) is 0 Å². The van der Waals surface area contributed by atoms with Crippen molar-refractivity contribution in [2.24, 2.45) is 0 Å². The Morgan fingerprint density at radius 2 is 2.00 bits per heavy atom. The largest absolute Gasteiger partial charge is 0.481 e. The van der Waals surface area contributed by atoms with E-state index in [0.717, 1.165) is 11.8 Å². The highest BCUT2D eigenvalue weighted by Crippen LogP contribution is 1.97. The Hall–Kier alpha value is -0.750. The van der Waals surface area contributed by atoms with E-state index < -0.39 is 5.97 Å². The zero-order valence-corrected chi connectivity index (χ0v) is 7.85. The molecule has 0 fully saturated rings. The molecule has 0 spiro atoms. The lowest BCUT2D eigenvalue weighted by Gasteiger charge is -2.10. The molecule has 0 aliphatic carbocycles. The summed E-state index contributed by atoms with van der Waals surface area (Å²) in [5.74, 6) is -0.963. The molecule has 0 saturated carbocycles. The molecule has 0 bridgehead atoms. The van der Waals surface area contributed by atoms with E-state index in [9.17, 15) is 9.59 Å². The summed E-state index contributed by atoms with van der Waals surface area (Å²) in [6.07, 6.45) is 0. The number of nitrogens with one attached hydrogen (secondary N) is 1. The fourth-order valence-corrected chi connectivity index (χ4v) is 1.04. The van der Waals surface area contributed by atoms with Crippen molar-refractivity contribution < 1.29 is 14.7 Å². The average molecular weight is 192 g/mol. The lowest BCUT2D eigenvalue weighted by molar-refractivity contribution is -0.133. The summed E-state index contributed by atoms with van der Waals surface area (Å²) >= 11 is 1.07. The number of thioether (sulfide) groups is 1. The number of hydrogen-bond donors (Lipinski definition) is 2. The molecule has 0 unspecified atom stereocenters. The normalized spacial score (nSPS) is 9.92. The van der Waals surface area contributed by atoms with Gasteiger partial charge < -0.3 is 5.11 Å². The second-order valence-electron chi connectivity index (χ2n) is 2.32. The van der Waals surface area contributed by atoms with Crippen LogP contribution in [0.4, 0.5) is 0 Å². The van der Waals surface area contributed by atoms with Gasteiger partial charge in [0.2, 0.25) is 5.91 Å². The predicted octanol–water partition coefficient (Wildman–Crippen LogP) is -0.603.